The maximum absolute atomic E-state index is 2.39. The Morgan fingerprint density at radius 2 is 0.750 bits per heavy atom. The summed E-state index contributed by atoms with van der Waals surface area (Å²) < 4.78 is 1.37. The zero-order valence-corrected chi connectivity index (χ0v) is 17.8. The molecule has 0 amide bonds. The molecule has 0 aromatic rings. The fourth-order valence-electron chi connectivity index (χ4n) is 3.75. The van der Waals surface area contributed by atoms with Crippen molar-refractivity contribution < 1.29 is 4.48 Å². The lowest BCUT2D eigenvalue weighted by Crippen LogP contribution is -2.49. The normalized spacial score (nSPS) is 11.5. The molecule has 1 nitrogen and oxygen atoms in total. The van der Waals surface area contributed by atoms with Crippen LogP contribution in [0.4, 0.5) is 0 Å². The van der Waals surface area contributed by atoms with Crippen LogP contribution in [0.5, 0.6) is 0 Å². The Hall–Kier alpha value is 0.0249. The molecule has 24 heavy (non-hydrogen) atoms. The first-order chi connectivity index (χ1) is 11.2. The second-order valence-electron chi connectivity index (χ2n) is 7.66. The number of nitrogens with zero attached hydrogens (tertiary/aromatic N) is 1. The summed E-state index contributed by atoms with van der Waals surface area (Å²) in [5, 5.41) is 0. The third kappa shape index (κ3) is 14.4. The Morgan fingerprint density at radius 3 is 1.12 bits per heavy atom. The predicted octanol–water partition coefficient (Wildman–Crippen LogP) is 6.96. The van der Waals surface area contributed by atoms with Gasteiger partial charge in [-0.3, -0.25) is 0 Å². The lowest BCUT2D eigenvalue weighted by Gasteiger charge is -2.37. The number of hydrogen-bond acceptors (Lipinski definition) is 0. The predicted molar refractivity (Wildman–Crippen MR) is 113 cm³/mol. The van der Waals surface area contributed by atoms with Crippen LogP contribution in [0.1, 0.15) is 118 Å². The van der Waals surface area contributed by atoms with Gasteiger partial charge in [0.25, 0.3) is 0 Å². The van der Waals surface area contributed by atoms with E-state index in [4.69, 9.17) is 0 Å². The fourth-order valence-corrected chi connectivity index (χ4v) is 3.75. The molecule has 0 heterocycles. The van der Waals surface area contributed by atoms with Crippen molar-refractivity contribution in [3.8, 4) is 0 Å². The Balaban J connectivity index is 0. The van der Waals surface area contributed by atoms with Gasteiger partial charge >= 0.3 is 0 Å². The van der Waals surface area contributed by atoms with Gasteiger partial charge in [-0.25, -0.2) is 0 Å². The maximum atomic E-state index is 2.39. The van der Waals surface area contributed by atoms with Gasteiger partial charge in [-0.05, 0) is 33.1 Å². The maximum Gasteiger partial charge on any atom is 0.0786 e. The highest BCUT2D eigenvalue weighted by Gasteiger charge is 2.21. The molecule has 0 aliphatic carbocycles. The first kappa shape index (κ1) is 26.3. The standard InChI is InChI=1S/C22H48N.B/c1-5-9-11-12-13-14-15-16-17-18-19-20-22-23(7-3,8-4)21-10-6-2;/h5-22H2,1-4H3;/q+1;. The summed E-state index contributed by atoms with van der Waals surface area (Å²) in [4.78, 5) is 0. The first-order valence-corrected chi connectivity index (χ1v) is 11.1. The van der Waals surface area contributed by atoms with Crippen LogP contribution in [0.3, 0.4) is 0 Å². The van der Waals surface area contributed by atoms with Gasteiger partial charge in [0.15, 0.2) is 0 Å². The van der Waals surface area contributed by atoms with Crippen LogP contribution in [0.2, 0.25) is 0 Å². The monoisotopic (exact) mass is 337 g/mol. The molecule has 0 N–H and O–H groups in total. The van der Waals surface area contributed by atoms with Crippen LogP contribution < -0.4 is 0 Å². The minimum absolute atomic E-state index is 0. The van der Waals surface area contributed by atoms with Crippen molar-refractivity contribution in [2.75, 3.05) is 26.2 Å². The summed E-state index contributed by atoms with van der Waals surface area (Å²) in [6, 6.07) is 0. The van der Waals surface area contributed by atoms with Gasteiger partial charge in [-0.15, -0.1) is 0 Å². The molecular weight excluding hydrogens is 289 g/mol. The van der Waals surface area contributed by atoms with E-state index in [1.807, 2.05) is 0 Å². The van der Waals surface area contributed by atoms with E-state index < -0.39 is 0 Å². The van der Waals surface area contributed by atoms with Crippen molar-refractivity contribution in [1.82, 2.24) is 0 Å². The van der Waals surface area contributed by atoms with Crippen molar-refractivity contribution >= 4 is 8.41 Å². The minimum atomic E-state index is 0. The molecule has 0 rings (SSSR count). The molecule has 0 aliphatic heterocycles. The average Bonchev–Trinajstić information content (AvgIpc) is 2.59. The van der Waals surface area contributed by atoms with Crippen molar-refractivity contribution in [1.29, 1.82) is 0 Å². The van der Waals surface area contributed by atoms with Crippen LogP contribution in [-0.2, 0) is 0 Å². The van der Waals surface area contributed by atoms with Crippen LogP contribution in [0.15, 0.2) is 0 Å². The number of rotatable bonds is 18. The van der Waals surface area contributed by atoms with Gasteiger partial charge in [0.2, 0.25) is 0 Å². The second-order valence-corrected chi connectivity index (χ2v) is 7.66. The Morgan fingerprint density at radius 1 is 0.417 bits per heavy atom. The third-order valence-electron chi connectivity index (χ3n) is 5.81. The first-order valence-electron chi connectivity index (χ1n) is 11.1. The molecule has 0 unspecified atom stereocenters. The van der Waals surface area contributed by atoms with Gasteiger partial charge in [-0.1, -0.05) is 84.5 Å². The topological polar surface area (TPSA) is 0 Å². The minimum Gasteiger partial charge on any atom is -0.324 e. The molecule has 0 aromatic carbocycles. The van der Waals surface area contributed by atoms with E-state index in [1.54, 1.807) is 0 Å². The molecule has 0 aromatic heterocycles. The van der Waals surface area contributed by atoms with Crippen molar-refractivity contribution in [2.24, 2.45) is 0 Å². The summed E-state index contributed by atoms with van der Waals surface area (Å²) in [5.74, 6) is 0. The van der Waals surface area contributed by atoms with E-state index >= 15 is 0 Å². The summed E-state index contributed by atoms with van der Waals surface area (Å²) in [5.41, 5.74) is 0. The van der Waals surface area contributed by atoms with E-state index in [2.05, 4.69) is 27.7 Å². The van der Waals surface area contributed by atoms with Gasteiger partial charge < -0.3 is 4.48 Å². The third-order valence-corrected chi connectivity index (χ3v) is 5.81. The zero-order chi connectivity index (χ0) is 17.2. The lowest BCUT2D eigenvalue weighted by molar-refractivity contribution is -0.925. The quantitative estimate of drug-likeness (QED) is 0.144. The number of quaternary nitrogens is 1. The molecule has 0 saturated carbocycles. The summed E-state index contributed by atoms with van der Waals surface area (Å²) in [6.45, 7) is 14.9. The Kier molecular flexibility index (Phi) is 21.2. The summed E-state index contributed by atoms with van der Waals surface area (Å²) in [7, 11) is 0. The molecule has 0 aliphatic rings. The average molecular weight is 337 g/mol. The molecule has 2 heteroatoms. The Bertz CT molecular complexity index is 226. The van der Waals surface area contributed by atoms with Crippen LogP contribution in [-0.4, -0.2) is 39.1 Å². The van der Waals surface area contributed by atoms with Crippen molar-refractivity contribution in [2.45, 2.75) is 118 Å². The molecule has 0 fully saturated rings. The number of hydrogen-bond donors (Lipinski definition) is 0. The summed E-state index contributed by atoms with van der Waals surface area (Å²) in [6.07, 6.45) is 20.3. The van der Waals surface area contributed by atoms with E-state index in [1.165, 1.54) is 121 Å². The van der Waals surface area contributed by atoms with Gasteiger partial charge in [0.05, 0.1) is 26.2 Å². The highest BCUT2D eigenvalue weighted by molar-refractivity contribution is 5.75. The smallest absolute Gasteiger partial charge is 0.0786 e. The van der Waals surface area contributed by atoms with E-state index in [-0.39, 0.29) is 8.41 Å². The summed E-state index contributed by atoms with van der Waals surface area (Å²) >= 11 is 0. The highest BCUT2D eigenvalue weighted by atomic mass is 15.3. The van der Waals surface area contributed by atoms with Gasteiger partial charge in [0.1, 0.15) is 0 Å². The highest BCUT2D eigenvalue weighted by Crippen LogP contribution is 2.15. The Labute approximate surface area is 157 Å². The zero-order valence-electron chi connectivity index (χ0n) is 17.8. The van der Waals surface area contributed by atoms with E-state index in [9.17, 15) is 0 Å². The van der Waals surface area contributed by atoms with E-state index in [0.717, 1.165) is 0 Å². The second kappa shape index (κ2) is 19.4. The molecule has 143 valence electrons. The molecule has 0 atom stereocenters. The molecule has 0 bridgehead atoms. The van der Waals surface area contributed by atoms with Crippen LogP contribution in [0.25, 0.3) is 0 Å². The molecule has 3 radical (unpaired) electrons. The molecule has 0 spiro atoms. The van der Waals surface area contributed by atoms with Crippen LogP contribution in [0, 0.1) is 0 Å². The SMILES string of the molecule is CCCCCCCCCCCCCC[N+](CC)(CC)CCCC.[B]. The van der Waals surface area contributed by atoms with Crippen LogP contribution >= 0.6 is 0 Å². The van der Waals surface area contributed by atoms with Crippen molar-refractivity contribution in [3.05, 3.63) is 0 Å². The lowest BCUT2D eigenvalue weighted by atomic mass is 10.0. The molecular formula is C22H48BN+. The van der Waals surface area contributed by atoms with Crippen molar-refractivity contribution in [3.63, 3.8) is 0 Å². The number of unbranched alkanes of at least 4 members (excludes halogenated alkanes) is 12. The largest absolute Gasteiger partial charge is 0.324 e. The fraction of sp³-hybridized carbons (Fsp3) is 1.00. The van der Waals surface area contributed by atoms with Gasteiger partial charge in [0, 0.05) is 8.41 Å². The van der Waals surface area contributed by atoms with Gasteiger partial charge in [-0.2, -0.15) is 0 Å². The molecule has 0 saturated heterocycles. The van der Waals surface area contributed by atoms with E-state index in [0.29, 0.717) is 0 Å².